The summed E-state index contributed by atoms with van der Waals surface area (Å²) >= 11 is 0. The molecular formula is C65H124N12. The SMILES string of the molecule is CC1=NC(C)(C)C(C)(C)C(C)(C)C(C)(C)N1C.CC1=NC(C)(C)C(C)(C)N1C.CC1=NC(C)=C(C)C(C)(C)C(C)(C)N1C.CC1=NC(C)=C(C)C(C)(C)N1C.CN1C=NC(C)(C)C(C)(C)C1(C)C.Cc1nc(C)n(C)c1C. The van der Waals surface area contributed by atoms with E-state index in [4.69, 9.17) is 4.99 Å². The van der Waals surface area contributed by atoms with Crippen LogP contribution in [0.25, 0.3) is 0 Å². The first-order valence-corrected chi connectivity index (χ1v) is 28.6. The first-order valence-electron chi connectivity index (χ1n) is 28.6. The van der Waals surface area contributed by atoms with Crippen LogP contribution in [-0.2, 0) is 7.05 Å². The lowest BCUT2D eigenvalue weighted by Gasteiger charge is -2.57. The van der Waals surface area contributed by atoms with Gasteiger partial charge < -0.3 is 29.1 Å². The molecule has 12 heteroatoms. The first-order chi connectivity index (χ1) is 33.8. The van der Waals surface area contributed by atoms with Gasteiger partial charge >= 0.3 is 0 Å². The molecule has 0 aromatic carbocycles. The van der Waals surface area contributed by atoms with Gasteiger partial charge in [-0.1, -0.05) is 55.4 Å². The maximum atomic E-state index is 4.98. The van der Waals surface area contributed by atoms with E-state index in [-0.39, 0.29) is 66.0 Å². The smallest absolute Gasteiger partial charge is 0.105 e. The Morgan fingerprint density at radius 1 is 0.364 bits per heavy atom. The number of allylic oxidation sites excluding steroid dienone is 2. The van der Waals surface area contributed by atoms with Crippen molar-refractivity contribution in [2.75, 3.05) is 35.2 Å². The largest absolute Gasteiger partial charge is 0.360 e. The summed E-state index contributed by atoms with van der Waals surface area (Å²) < 4.78 is 2.09. The Bertz CT molecular complexity index is 2460. The maximum absolute atomic E-state index is 4.98. The van der Waals surface area contributed by atoms with E-state index in [0.29, 0.717) is 0 Å². The van der Waals surface area contributed by atoms with Crippen LogP contribution in [0.2, 0.25) is 0 Å². The molecule has 5 aliphatic heterocycles. The number of hydrogen-bond acceptors (Lipinski definition) is 11. The minimum absolute atomic E-state index is 0.0169. The van der Waals surface area contributed by atoms with Gasteiger partial charge in [-0.25, -0.2) is 15.0 Å². The van der Waals surface area contributed by atoms with Crippen LogP contribution in [0.5, 0.6) is 0 Å². The molecule has 0 fully saturated rings. The lowest BCUT2D eigenvalue weighted by Crippen LogP contribution is -2.62. The number of likely N-dealkylation sites (N-methyl/N-ethyl adjacent to an activating group) is 2. The maximum Gasteiger partial charge on any atom is 0.105 e. The fourth-order valence-corrected chi connectivity index (χ4v) is 10.7. The molecule has 0 saturated heterocycles. The highest BCUT2D eigenvalue weighted by atomic mass is 15.3. The van der Waals surface area contributed by atoms with Crippen LogP contribution < -0.4 is 0 Å². The van der Waals surface area contributed by atoms with Crippen LogP contribution in [0.4, 0.5) is 0 Å². The molecule has 0 bridgehead atoms. The van der Waals surface area contributed by atoms with Gasteiger partial charge in [0, 0.05) is 86.8 Å². The molecular weight excluding hydrogens is 949 g/mol. The van der Waals surface area contributed by atoms with Crippen molar-refractivity contribution in [3.63, 3.8) is 0 Å². The summed E-state index contributed by atoms with van der Waals surface area (Å²) in [6.45, 7) is 77.6. The van der Waals surface area contributed by atoms with Crippen molar-refractivity contribution < 1.29 is 0 Å². The third-order valence-corrected chi connectivity index (χ3v) is 23.8. The number of aryl methyl sites for hydroxylation is 2. The van der Waals surface area contributed by atoms with Crippen molar-refractivity contribution in [2.45, 2.75) is 287 Å². The fraction of sp³-hybridized carbons (Fsp3) is 0.815. The van der Waals surface area contributed by atoms with Gasteiger partial charge in [0.2, 0.25) is 0 Å². The van der Waals surface area contributed by atoms with Crippen LogP contribution >= 0.6 is 0 Å². The zero-order valence-corrected chi connectivity index (χ0v) is 58.4. The normalized spacial score (nSPS) is 24.9. The van der Waals surface area contributed by atoms with Crippen LogP contribution in [-0.4, -0.2) is 143 Å². The van der Waals surface area contributed by atoms with E-state index in [1.165, 1.54) is 16.8 Å². The van der Waals surface area contributed by atoms with Crippen molar-refractivity contribution in [1.82, 2.24) is 34.1 Å². The molecule has 0 atom stereocenters. The van der Waals surface area contributed by atoms with Gasteiger partial charge in [0.1, 0.15) is 17.5 Å². The van der Waals surface area contributed by atoms with Gasteiger partial charge in [0.05, 0.1) is 51.4 Å². The molecule has 1 aromatic heterocycles. The van der Waals surface area contributed by atoms with Crippen molar-refractivity contribution in [3.8, 4) is 0 Å². The Labute approximate surface area is 477 Å². The number of hydrogen-bond donors (Lipinski definition) is 0. The van der Waals surface area contributed by atoms with Gasteiger partial charge in [-0.05, 0) is 209 Å². The standard InChI is InChI=1S/C15H30N2.C13H24N2.C11H22N2.C10H18N2.C9H18N2.C7H12N2/c1-11-16-14(6,7)12(2,3)13(4,5)15(8,9)17(11)10;1-9-10(2)14-11(3)15(8)13(6,7)12(9,4)5;1-9(2)10(3,4)12-8-13(7)11(9,5)6;1-7-8(2)11-9(3)12(6)10(7,4)5;1-7-10-8(2,3)9(4,5)11(7)6;1-5-6(2)9(4)7(3)8-5/h1-10H3;1-8H3;8H,1-7H3;1-6H3;1-6H3;1-4H3. The summed E-state index contributed by atoms with van der Waals surface area (Å²) in [4.78, 5) is 38.8. The Morgan fingerprint density at radius 3 is 1.08 bits per heavy atom. The average molecular weight is 1070 g/mol. The molecule has 0 unspecified atom stereocenters. The zero-order valence-electron chi connectivity index (χ0n) is 58.4. The summed E-state index contributed by atoms with van der Waals surface area (Å²) in [5, 5.41) is 0. The molecule has 1 aromatic rings. The second-order valence-electron chi connectivity index (χ2n) is 29.5. The first kappa shape index (κ1) is 71.1. The fourth-order valence-electron chi connectivity index (χ4n) is 10.7. The number of aliphatic imine (C=N–C) groups is 5. The number of aromatic nitrogens is 2. The van der Waals surface area contributed by atoms with E-state index >= 15 is 0 Å². The van der Waals surface area contributed by atoms with E-state index in [1.807, 2.05) is 27.2 Å². The molecule has 6 heterocycles. The van der Waals surface area contributed by atoms with Crippen molar-refractivity contribution in [2.24, 2.45) is 53.7 Å². The zero-order chi connectivity index (χ0) is 61.8. The second-order valence-corrected chi connectivity index (χ2v) is 29.5. The highest BCUT2D eigenvalue weighted by molar-refractivity contribution is 5.84. The van der Waals surface area contributed by atoms with E-state index < -0.39 is 0 Å². The Hall–Kier alpha value is -3.96. The van der Waals surface area contributed by atoms with Crippen LogP contribution in [0.15, 0.2) is 47.5 Å². The third kappa shape index (κ3) is 13.0. The summed E-state index contributed by atoms with van der Waals surface area (Å²) in [7, 11) is 12.6. The molecule has 0 aliphatic carbocycles. The molecule has 77 heavy (non-hydrogen) atoms. The summed E-state index contributed by atoms with van der Waals surface area (Å²) in [6.07, 6.45) is 1.96. The average Bonchev–Trinajstić information content (AvgIpc) is 3.57. The minimum atomic E-state index is -0.0530. The van der Waals surface area contributed by atoms with Gasteiger partial charge in [-0.2, -0.15) is 0 Å². The number of imidazole rings is 1. The van der Waals surface area contributed by atoms with Crippen LogP contribution in [0.3, 0.4) is 0 Å². The van der Waals surface area contributed by atoms with Gasteiger partial charge in [-0.3, -0.25) is 15.0 Å². The van der Waals surface area contributed by atoms with Crippen LogP contribution in [0.1, 0.15) is 239 Å². The topological polar surface area (TPSA) is 95.8 Å². The predicted molar refractivity (Wildman–Crippen MR) is 342 cm³/mol. The molecule has 0 amide bonds. The molecule has 5 aliphatic rings. The molecule has 0 radical (unpaired) electrons. The van der Waals surface area contributed by atoms with E-state index in [1.54, 1.807) is 0 Å². The van der Waals surface area contributed by atoms with Crippen molar-refractivity contribution in [1.29, 1.82) is 0 Å². The Balaban J connectivity index is 0.000000467. The van der Waals surface area contributed by atoms with Gasteiger partial charge in [0.15, 0.2) is 0 Å². The lowest BCUT2D eigenvalue weighted by atomic mass is 9.52. The second kappa shape index (κ2) is 22.9. The monoisotopic (exact) mass is 1070 g/mol. The minimum Gasteiger partial charge on any atom is -0.360 e. The van der Waals surface area contributed by atoms with E-state index in [0.717, 1.165) is 46.3 Å². The van der Waals surface area contributed by atoms with Crippen molar-refractivity contribution in [3.05, 3.63) is 39.8 Å². The molecule has 6 rings (SSSR count). The highest BCUT2D eigenvalue weighted by Crippen LogP contribution is 2.57. The van der Waals surface area contributed by atoms with E-state index in [2.05, 4.69) is 318 Å². The van der Waals surface area contributed by atoms with Crippen LogP contribution in [0, 0.1) is 42.4 Å². The molecule has 12 nitrogen and oxygen atoms in total. The highest BCUT2D eigenvalue weighted by Gasteiger charge is 2.58. The third-order valence-electron chi connectivity index (χ3n) is 23.8. The molecule has 0 saturated carbocycles. The summed E-state index contributed by atoms with van der Waals surface area (Å²) in [5.74, 6) is 5.56. The van der Waals surface area contributed by atoms with E-state index in [9.17, 15) is 0 Å². The predicted octanol–water partition coefficient (Wildman–Crippen LogP) is 15.6. The van der Waals surface area contributed by atoms with Crippen molar-refractivity contribution >= 4 is 29.7 Å². The number of amidine groups is 4. The number of rotatable bonds is 0. The quantitative estimate of drug-likeness (QED) is 0.257. The Kier molecular flexibility index (Phi) is 21.1. The molecule has 0 spiro atoms. The number of nitrogens with zero attached hydrogens (tertiary/aromatic N) is 12. The lowest BCUT2D eigenvalue weighted by molar-refractivity contribution is -0.0500. The molecule has 0 N–H and O–H groups in total. The Morgan fingerprint density at radius 2 is 0.740 bits per heavy atom. The van der Waals surface area contributed by atoms with Gasteiger partial charge in [-0.15, -0.1) is 0 Å². The molecule has 444 valence electrons. The summed E-state index contributed by atoms with van der Waals surface area (Å²) in [5.41, 5.74) is 8.63. The van der Waals surface area contributed by atoms with Gasteiger partial charge in [0.25, 0.3) is 0 Å². The summed E-state index contributed by atoms with van der Waals surface area (Å²) in [6, 6.07) is 0.